The molecule has 0 atom stereocenters. The molecule has 0 saturated carbocycles. The number of nitro groups is 3. The van der Waals surface area contributed by atoms with Gasteiger partial charge in [0.05, 0.1) is 14.8 Å². The van der Waals surface area contributed by atoms with Gasteiger partial charge < -0.3 is 0 Å². The third kappa shape index (κ3) is 6.13. The van der Waals surface area contributed by atoms with Gasteiger partial charge in [0.15, 0.2) is 4.90 Å². The molecule has 1 aromatic carbocycles. The Hall–Kier alpha value is -2.80. The number of rotatable bonds is 4. The van der Waals surface area contributed by atoms with Crippen LogP contribution >= 0.6 is 0 Å². The predicted octanol–water partition coefficient (Wildman–Crippen LogP) is 0.00510. The number of nitrogens with zero attached hydrogens (tertiary/aromatic N) is 3. The first kappa shape index (κ1) is 21.2. The van der Waals surface area contributed by atoms with Crippen molar-refractivity contribution in [3.8, 4) is 0 Å². The zero-order valence-corrected chi connectivity index (χ0v) is 12.4. The molecule has 0 amide bonds. The molecule has 0 aromatic heterocycles. The van der Waals surface area contributed by atoms with Crippen molar-refractivity contribution in [1.82, 2.24) is 0 Å². The minimum atomic E-state index is -5.15. The Morgan fingerprint density at radius 2 is 1.12 bits per heavy atom. The summed E-state index contributed by atoms with van der Waals surface area (Å²) in [5.41, 5.74) is -4.55. The molecule has 134 valence electrons. The lowest BCUT2D eigenvalue weighted by molar-refractivity contribution is -0.442. The maximum Gasteiger partial charge on any atom is 0.423 e. The molecule has 18 heteroatoms. The van der Waals surface area contributed by atoms with Crippen LogP contribution in [0.1, 0.15) is 0 Å². The highest BCUT2D eigenvalue weighted by Crippen LogP contribution is 2.40. The van der Waals surface area contributed by atoms with E-state index in [1.165, 1.54) is 0 Å². The molecule has 3 N–H and O–H groups in total. The lowest BCUT2D eigenvalue weighted by atomic mass is 10.2. The van der Waals surface area contributed by atoms with Gasteiger partial charge in [-0.3, -0.25) is 44.0 Å². The van der Waals surface area contributed by atoms with Crippen LogP contribution in [0.2, 0.25) is 0 Å². The van der Waals surface area contributed by atoms with E-state index < -0.39 is 57.2 Å². The summed E-state index contributed by atoms with van der Waals surface area (Å²) in [7, 11) is -9.81. The summed E-state index contributed by atoms with van der Waals surface area (Å²) >= 11 is 0. The van der Waals surface area contributed by atoms with Crippen LogP contribution in [0.5, 0.6) is 0 Å². The van der Waals surface area contributed by atoms with E-state index in [0.717, 1.165) is 0 Å². The molecule has 24 heavy (non-hydrogen) atoms. The topological polar surface area (TPSA) is 258 Å². The van der Waals surface area contributed by atoms with Crippen LogP contribution in [0.25, 0.3) is 0 Å². The molecule has 0 spiro atoms. The van der Waals surface area contributed by atoms with E-state index in [0.29, 0.717) is 12.1 Å². The first-order chi connectivity index (χ1) is 10.6. The lowest BCUT2D eigenvalue weighted by Gasteiger charge is -2.01. The second-order valence-corrected chi connectivity index (χ2v) is 5.76. The van der Waals surface area contributed by atoms with Crippen molar-refractivity contribution in [3.63, 3.8) is 0 Å². The Balaban J connectivity index is 0.000000922. The monoisotopic (exact) mass is 391 g/mol. The standard InChI is InChI=1S/C6H3N3O9S.H2O4S/c10-7(11)3-1-2-4(19(16,17)18)6(9(14)15)5(3)8(12)13;1-5(2,3)4/h1-2H,(H,16,17,18);(H2,1,2,3,4). The average molecular weight is 391 g/mol. The molecule has 0 fully saturated rings. The zero-order valence-electron chi connectivity index (χ0n) is 10.7. The van der Waals surface area contributed by atoms with Gasteiger partial charge in [0.2, 0.25) is 0 Å². The third-order valence-electron chi connectivity index (χ3n) is 1.93. The van der Waals surface area contributed by atoms with Gasteiger partial charge in [-0.15, -0.1) is 0 Å². The van der Waals surface area contributed by atoms with Gasteiger partial charge in [0.1, 0.15) is 0 Å². The Morgan fingerprint density at radius 3 is 1.38 bits per heavy atom. The van der Waals surface area contributed by atoms with E-state index in [9.17, 15) is 38.8 Å². The number of nitro benzene ring substituents is 3. The molecule has 0 heterocycles. The molecule has 1 rings (SSSR count). The van der Waals surface area contributed by atoms with Crippen molar-refractivity contribution < 1.29 is 45.3 Å². The normalized spacial score (nSPS) is 11.1. The van der Waals surface area contributed by atoms with Crippen molar-refractivity contribution in [2.45, 2.75) is 4.90 Å². The first-order valence-corrected chi connectivity index (χ1v) is 7.68. The van der Waals surface area contributed by atoms with Gasteiger partial charge in [-0.2, -0.15) is 16.8 Å². The van der Waals surface area contributed by atoms with Crippen molar-refractivity contribution in [2.75, 3.05) is 0 Å². The van der Waals surface area contributed by atoms with Crippen LogP contribution < -0.4 is 0 Å². The summed E-state index contributed by atoms with van der Waals surface area (Å²) in [6.07, 6.45) is 0. The smallest absolute Gasteiger partial charge is 0.282 e. The fraction of sp³-hybridized carbons (Fsp3) is 0. The summed E-state index contributed by atoms with van der Waals surface area (Å²) in [5, 5.41) is 31.9. The summed E-state index contributed by atoms with van der Waals surface area (Å²) in [4.78, 5) is 26.2. The minimum absolute atomic E-state index is 0.346. The van der Waals surface area contributed by atoms with Crippen LogP contribution in [0.3, 0.4) is 0 Å². The maximum absolute atomic E-state index is 10.9. The second kappa shape index (κ2) is 7.18. The van der Waals surface area contributed by atoms with Crippen molar-refractivity contribution in [1.29, 1.82) is 0 Å². The van der Waals surface area contributed by atoms with Crippen LogP contribution in [0, 0.1) is 30.3 Å². The zero-order chi connectivity index (χ0) is 19.5. The Bertz CT molecular complexity index is 894. The lowest BCUT2D eigenvalue weighted by Crippen LogP contribution is -2.08. The van der Waals surface area contributed by atoms with Crippen molar-refractivity contribution >= 4 is 37.6 Å². The SMILES string of the molecule is O=S(=O)(O)O.O=[N+]([O-])c1ccc(S(=O)(=O)O)c([N+](=O)[O-])c1[N+](=O)[O-]. The third-order valence-corrected chi connectivity index (χ3v) is 2.82. The average Bonchev–Trinajstić information content (AvgIpc) is 2.33. The first-order valence-electron chi connectivity index (χ1n) is 4.85. The van der Waals surface area contributed by atoms with Crippen LogP contribution in [0.4, 0.5) is 17.1 Å². The molecular weight excluding hydrogens is 386 g/mol. The Labute approximate surface area is 131 Å². The summed E-state index contributed by atoms with van der Waals surface area (Å²) in [6.45, 7) is 0. The molecule has 16 nitrogen and oxygen atoms in total. The van der Waals surface area contributed by atoms with E-state index >= 15 is 0 Å². The van der Waals surface area contributed by atoms with Crippen LogP contribution in [-0.4, -0.2) is 45.3 Å². The van der Waals surface area contributed by atoms with Crippen molar-refractivity contribution in [2.24, 2.45) is 0 Å². The molecule has 0 bridgehead atoms. The largest absolute Gasteiger partial charge is 0.423 e. The van der Waals surface area contributed by atoms with Gasteiger partial charge in [-0.25, -0.2) is 0 Å². The molecule has 1 aromatic rings. The predicted molar refractivity (Wildman–Crippen MR) is 70.4 cm³/mol. The fourth-order valence-electron chi connectivity index (χ4n) is 1.26. The number of hydrogen-bond donors (Lipinski definition) is 3. The maximum atomic E-state index is 10.9. The molecule has 0 radical (unpaired) electrons. The van der Waals surface area contributed by atoms with Crippen LogP contribution in [0.15, 0.2) is 17.0 Å². The number of hydrogen-bond acceptors (Lipinski definition) is 10. The van der Waals surface area contributed by atoms with E-state index in [1.54, 1.807) is 0 Å². The minimum Gasteiger partial charge on any atom is -0.282 e. The van der Waals surface area contributed by atoms with Gasteiger partial charge >= 0.3 is 37.6 Å². The molecule has 0 unspecified atom stereocenters. The second-order valence-electron chi connectivity index (χ2n) is 3.47. The van der Waals surface area contributed by atoms with E-state index in [2.05, 4.69) is 0 Å². The molecule has 0 aliphatic heterocycles. The molecular formula is C6H5N3O13S2. The van der Waals surface area contributed by atoms with Gasteiger partial charge in [-0.05, 0) is 6.07 Å². The van der Waals surface area contributed by atoms with Crippen LogP contribution in [-0.2, 0) is 20.5 Å². The van der Waals surface area contributed by atoms with Crippen molar-refractivity contribution in [3.05, 3.63) is 42.5 Å². The quantitative estimate of drug-likeness (QED) is 0.347. The Kier molecular flexibility index (Phi) is 6.34. The summed E-state index contributed by atoms with van der Waals surface area (Å²) in [6, 6.07) is 0.729. The number of benzene rings is 1. The fourth-order valence-corrected chi connectivity index (χ4v) is 1.92. The van der Waals surface area contributed by atoms with E-state index in [4.69, 9.17) is 22.1 Å². The van der Waals surface area contributed by atoms with E-state index in [-0.39, 0.29) is 0 Å². The molecule has 0 aliphatic rings. The highest BCUT2D eigenvalue weighted by Gasteiger charge is 2.42. The molecule has 0 saturated heterocycles. The molecule has 0 aliphatic carbocycles. The Morgan fingerprint density at radius 1 is 0.750 bits per heavy atom. The van der Waals surface area contributed by atoms with Gasteiger partial charge in [-0.1, -0.05) is 0 Å². The highest BCUT2D eigenvalue weighted by atomic mass is 32.3. The van der Waals surface area contributed by atoms with E-state index in [1.807, 2.05) is 0 Å². The van der Waals surface area contributed by atoms with Gasteiger partial charge in [0.25, 0.3) is 0 Å². The highest BCUT2D eigenvalue weighted by molar-refractivity contribution is 7.86. The summed E-state index contributed by atoms with van der Waals surface area (Å²) < 4.78 is 62.1. The summed E-state index contributed by atoms with van der Waals surface area (Å²) in [5.74, 6) is 0. The van der Waals surface area contributed by atoms with Gasteiger partial charge in [0, 0.05) is 6.07 Å².